The number of amides is 3. The fourth-order valence-corrected chi connectivity index (χ4v) is 4.71. The Morgan fingerprint density at radius 3 is 2.67 bits per heavy atom. The first kappa shape index (κ1) is 27.0. The third-order valence-electron chi connectivity index (χ3n) is 6.74. The van der Waals surface area contributed by atoms with E-state index in [4.69, 9.17) is 18.7 Å². The maximum absolute atomic E-state index is 13.3. The van der Waals surface area contributed by atoms with Gasteiger partial charge in [0, 0.05) is 31.1 Å². The molecule has 1 fully saturated rings. The molecule has 1 saturated heterocycles. The first-order valence-electron chi connectivity index (χ1n) is 13.2. The van der Waals surface area contributed by atoms with Gasteiger partial charge in [-0.15, -0.1) is 0 Å². The van der Waals surface area contributed by atoms with Gasteiger partial charge in [-0.1, -0.05) is 31.1 Å². The van der Waals surface area contributed by atoms with Crippen molar-refractivity contribution >= 4 is 17.7 Å². The van der Waals surface area contributed by atoms with Crippen LogP contribution < -0.4 is 24.8 Å². The molecular weight excluding hydrogens is 516 g/mol. The number of fused-ring (bicyclic) bond motifs is 7. The van der Waals surface area contributed by atoms with E-state index < -0.39 is 12.1 Å². The van der Waals surface area contributed by atoms with E-state index >= 15 is 0 Å². The first-order valence-corrected chi connectivity index (χ1v) is 13.2. The number of ether oxygens (including phenoxy) is 3. The molecule has 4 heterocycles. The van der Waals surface area contributed by atoms with Gasteiger partial charge in [0.15, 0.2) is 23.8 Å². The van der Waals surface area contributed by atoms with Crippen molar-refractivity contribution in [2.24, 2.45) is 5.92 Å². The smallest absolute Gasteiger partial charge is 0.276 e. The molecule has 0 radical (unpaired) electrons. The van der Waals surface area contributed by atoms with Gasteiger partial charge < -0.3 is 34.3 Å². The Kier molecular flexibility index (Phi) is 7.90. The molecular formula is C29H32N4O7. The van der Waals surface area contributed by atoms with Gasteiger partial charge in [-0.2, -0.15) is 0 Å². The molecule has 1 aromatic heterocycles. The number of likely N-dealkylation sites (tertiary alicyclic amines) is 1. The van der Waals surface area contributed by atoms with E-state index in [-0.39, 0.29) is 48.9 Å². The van der Waals surface area contributed by atoms with E-state index in [2.05, 4.69) is 29.6 Å². The summed E-state index contributed by atoms with van der Waals surface area (Å²) in [5.74, 6) is 1.25. The number of nitrogens with one attached hydrogen (secondary N) is 2. The van der Waals surface area contributed by atoms with E-state index in [0.29, 0.717) is 41.7 Å². The van der Waals surface area contributed by atoms with Gasteiger partial charge in [0.1, 0.15) is 17.6 Å². The lowest BCUT2D eigenvalue weighted by Crippen LogP contribution is -2.45. The van der Waals surface area contributed by atoms with Crippen LogP contribution in [-0.4, -0.2) is 66.7 Å². The molecule has 3 aliphatic heterocycles. The van der Waals surface area contributed by atoms with Crippen molar-refractivity contribution in [2.75, 3.05) is 26.8 Å². The lowest BCUT2D eigenvalue weighted by atomic mass is 10.1. The standard InChI is InChI=1S/C29H32N4O7/c1-17(2)10-21-12-22(32-40-21)29(36)33-14-23-26(15-33)39-20-7-4-18(5-8-20)13-30-27(34)16-38-25-11-19(28(35)31-23)6-9-24(25)37-3/h4-9,11-12,17,23,26H,10,13-16H2,1-3H3,(H,30,34)(H,31,35)/t23-,26-/m0/s1. The van der Waals surface area contributed by atoms with E-state index in [0.717, 1.165) is 5.56 Å². The summed E-state index contributed by atoms with van der Waals surface area (Å²) in [6.45, 7) is 4.65. The monoisotopic (exact) mass is 548 g/mol. The normalized spacial score (nSPS) is 19.2. The molecule has 0 saturated carbocycles. The van der Waals surface area contributed by atoms with Crippen LogP contribution >= 0.6 is 0 Å². The van der Waals surface area contributed by atoms with Crippen LogP contribution in [0.4, 0.5) is 0 Å². The Balaban J connectivity index is 1.41. The summed E-state index contributed by atoms with van der Waals surface area (Å²) in [5.41, 5.74) is 1.41. The molecule has 2 N–H and O–H groups in total. The van der Waals surface area contributed by atoms with Crippen LogP contribution in [-0.2, 0) is 17.8 Å². The van der Waals surface area contributed by atoms with Gasteiger partial charge in [0.25, 0.3) is 17.7 Å². The Bertz CT molecular complexity index is 1390. The molecule has 4 bridgehead atoms. The highest BCUT2D eigenvalue weighted by Gasteiger charge is 2.39. The number of rotatable bonds is 4. The highest BCUT2D eigenvalue weighted by atomic mass is 16.5. The molecule has 0 unspecified atom stereocenters. The summed E-state index contributed by atoms with van der Waals surface area (Å²) in [4.78, 5) is 40.6. The van der Waals surface area contributed by atoms with Crippen molar-refractivity contribution in [3.8, 4) is 17.2 Å². The van der Waals surface area contributed by atoms with Crippen LogP contribution in [0.15, 0.2) is 53.1 Å². The number of hydrogen-bond donors (Lipinski definition) is 2. The number of carbonyl (C=O) groups is 3. The fraction of sp³-hybridized carbons (Fsp3) is 0.379. The van der Waals surface area contributed by atoms with Crippen LogP contribution in [0.25, 0.3) is 0 Å². The summed E-state index contributed by atoms with van der Waals surface area (Å²) in [6.07, 6.45) is 0.155. The second-order valence-electron chi connectivity index (χ2n) is 10.3. The third kappa shape index (κ3) is 6.19. The van der Waals surface area contributed by atoms with Crippen molar-refractivity contribution in [3.05, 3.63) is 71.1 Å². The molecule has 6 rings (SSSR count). The molecule has 3 aliphatic rings. The van der Waals surface area contributed by atoms with E-state index in [9.17, 15) is 14.4 Å². The van der Waals surface area contributed by atoms with Crippen LogP contribution in [0.5, 0.6) is 17.2 Å². The molecule has 210 valence electrons. The zero-order valence-corrected chi connectivity index (χ0v) is 22.6. The highest BCUT2D eigenvalue weighted by Crippen LogP contribution is 2.29. The lowest BCUT2D eigenvalue weighted by Gasteiger charge is -2.21. The zero-order valence-electron chi connectivity index (χ0n) is 22.6. The second-order valence-corrected chi connectivity index (χ2v) is 10.3. The number of carbonyl (C=O) groups excluding carboxylic acids is 3. The SMILES string of the molecule is COc1ccc2cc1OCC(=O)NCc1ccc(cc1)O[C@H]1CN(C(=O)c3cc(CC(C)C)on3)C[C@@H]1NC2=O. The van der Waals surface area contributed by atoms with Crippen LogP contribution in [0.3, 0.4) is 0 Å². The minimum absolute atomic E-state index is 0.220. The zero-order chi connectivity index (χ0) is 28.2. The Hall–Kier alpha value is -4.54. The van der Waals surface area contributed by atoms with Crippen molar-refractivity contribution in [1.29, 1.82) is 0 Å². The molecule has 11 nitrogen and oxygen atoms in total. The van der Waals surface area contributed by atoms with Gasteiger partial charge in [0.2, 0.25) is 0 Å². The molecule has 11 heteroatoms. The minimum atomic E-state index is -0.523. The molecule has 3 amide bonds. The van der Waals surface area contributed by atoms with Crippen molar-refractivity contribution in [2.45, 2.75) is 39.0 Å². The maximum Gasteiger partial charge on any atom is 0.276 e. The van der Waals surface area contributed by atoms with E-state index in [1.165, 1.54) is 13.2 Å². The third-order valence-corrected chi connectivity index (χ3v) is 6.74. The summed E-state index contributed by atoms with van der Waals surface area (Å²) in [6, 6.07) is 13.2. The highest BCUT2D eigenvalue weighted by molar-refractivity contribution is 5.96. The van der Waals surface area contributed by atoms with Crippen molar-refractivity contribution in [3.63, 3.8) is 0 Å². The number of hydrogen-bond acceptors (Lipinski definition) is 8. The number of benzene rings is 2. The Morgan fingerprint density at radius 2 is 1.93 bits per heavy atom. The van der Waals surface area contributed by atoms with Gasteiger partial charge in [-0.05, 0) is 41.8 Å². The van der Waals surface area contributed by atoms with Crippen LogP contribution in [0.1, 0.15) is 46.0 Å². The number of nitrogens with zero attached hydrogens (tertiary/aromatic N) is 2. The Morgan fingerprint density at radius 1 is 1.12 bits per heavy atom. The molecule has 2 aromatic carbocycles. The summed E-state index contributed by atoms with van der Waals surface area (Å²) in [7, 11) is 1.48. The van der Waals surface area contributed by atoms with Crippen LogP contribution in [0.2, 0.25) is 0 Å². The molecule has 3 aromatic rings. The average molecular weight is 549 g/mol. The predicted molar refractivity (Wildman–Crippen MR) is 143 cm³/mol. The van der Waals surface area contributed by atoms with Gasteiger partial charge in [0.05, 0.1) is 19.7 Å². The van der Waals surface area contributed by atoms with E-state index in [1.54, 1.807) is 35.2 Å². The first-order chi connectivity index (χ1) is 19.3. The average Bonchev–Trinajstić information content (AvgIpc) is 3.57. The molecule has 2 atom stereocenters. The van der Waals surface area contributed by atoms with Gasteiger partial charge >= 0.3 is 0 Å². The molecule has 40 heavy (non-hydrogen) atoms. The summed E-state index contributed by atoms with van der Waals surface area (Å²) < 4.78 is 22.7. The number of methoxy groups -OCH3 is 1. The fourth-order valence-electron chi connectivity index (χ4n) is 4.71. The maximum atomic E-state index is 13.3. The Labute approximate surface area is 231 Å². The molecule has 0 spiro atoms. The predicted octanol–water partition coefficient (Wildman–Crippen LogP) is 2.59. The quantitative estimate of drug-likeness (QED) is 0.509. The van der Waals surface area contributed by atoms with Crippen molar-refractivity contribution < 1.29 is 33.1 Å². The number of aromatic nitrogens is 1. The second kappa shape index (κ2) is 11.7. The summed E-state index contributed by atoms with van der Waals surface area (Å²) in [5, 5.41) is 9.80. The topological polar surface area (TPSA) is 132 Å². The molecule has 0 aliphatic carbocycles. The van der Waals surface area contributed by atoms with Crippen molar-refractivity contribution in [1.82, 2.24) is 20.7 Å². The van der Waals surface area contributed by atoms with Crippen LogP contribution in [0, 0.1) is 5.92 Å². The van der Waals surface area contributed by atoms with Gasteiger partial charge in [-0.3, -0.25) is 14.4 Å². The largest absolute Gasteiger partial charge is 0.493 e. The minimum Gasteiger partial charge on any atom is -0.493 e. The van der Waals surface area contributed by atoms with Gasteiger partial charge in [-0.25, -0.2) is 0 Å². The lowest BCUT2D eigenvalue weighted by molar-refractivity contribution is -0.123. The van der Waals surface area contributed by atoms with E-state index in [1.807, 2.05) is 12.1 Å². The summed E-state index contributed by atoms with van der Waals surface area (Å²) >= 11 is 0.